The Morgan fingerprint density at radius 1 is 1.00 bits per heavy atom. The molecule has 0 aliphatic carbocycles. The smallest absolute Gasteiger partial charge is 0.389 e. The summed E-state index contributed by atoms with van der Waals surface area (Å²) in [5, 5.41) is 0. The van der Waals surface area contributed by atoms with Gasteiger partial charge in [-0.3, -0.25) is 9.55 Å². The molecule has 1 aromatic carbocycles. The molecule has 0 fully saturated rings. The number of imidazole rings is 1. The van der Waals surface area contributed by atoms with Crippen LogP contribution >= 0.6 is 7.60 Å². The molecule has 8 heteroatoms. The van der Waals surface area contributed by atoms with E-state index in [1.54, 1.807) is 24.0 Å². The molecule has 29 heavy (non-hydrogen) atoms. The van der Waals surface area contributed by atoms with Crippen molar-refractivity contribution in [1.29, 1.82) is 0 Å². The van der Waals surface area contributed by atoms with E-state index in [2.05, 4.69) is 28.7 Å². The Labute approximate surface area is 172 Å². The molecule has 1 atom stereocenters. The summed E-state index contributed by atoms with van der Waals surface area (Å²) in [6.07, 6.45) is 6.05. The SMILES string of the molecule is CCCC.COOP(C)(=O)Oc1nc(-c2ccccc2)c(-c2ccncc2)n1C. The highest BCUT2D eigenvalue weighted by molar-refractivity contribution is 7.53. The Kier molecular flexibility index (Phi) is 8.58. The molecule has 156 valence electrons. The van der Waals surface area contributed by atoms with E-state index in [9.17, 15) is 4.57 Å². The number of aromatic nitrogens is 3. The molecule has 3 aromatic rings. The third-order valence-electron chi connectivity index (χ3n) is 4.01. The highest BCUT2D eigenvalue weighted by Gasteiger charge is 2.26. The summed E-state index contributed by atoms with van der Waals surface area (Å²) in [6.45, 7) is 5.68. The van der Waals surface area contributed by atoms with Crippen molar-refractivity contribution in [3.63, 3.8) is 0 Å². The Bertz CT molecular complexity index is 928. The van der Waals surface area contributed by atoms with Crippen molar-refractivity contribution in [2.45, 2.75) is 26.7 Å². The van der Waals surface area contributed by atoms with Gasteiger partial charge in [-0.2, -0.15) is 4.98 Å². The van der Waals surface area contributed by atoms with Gasteiger partial charge in [-0.15, -0.1) is 4.67 Å². The van der Waals surface area contributed by atoms with Crippen molar-refractivity contribution in [1.82, 2.24) is 14.5 Å². The fraction of sp³-hybridized carbons (Fsp3) is 0.333. The Balaban J connectivity index is 0.000000687. The maximum absolute atomic E-state index is 12.3. The minimum absolute atomic E-state index is 0.175. The molecule has 7 nitrogen and oxygen atoms in total. The summed E-state index contributed by atoms with van der Waals surface area (Å²) in [7, 11) is -0.386. The number of unbranched alkanes of at least 4 members (excludes halogenated alkanes) is 1. The summed E-state index contributed by atoms with van der Waals surface area (Å²) >= 11 is 0. The highest BCUT2D eigenvalue weighted by atomic mass is 31.2. The van der Waals surface area contributed by atoms with Gasteiger partial charge in [-0.1, -0.05) is 57.0 Å². The molecule has 0 radical (unpaired) electrons. The van der Waals surface area contributed by atoms with Gasteiger partial charge in [0.1, 0.15) is 5.69 Å². The van der Waals surface area contributed by atoms with Gasteiger partial charge in [0.15, 0.2) is 0 Å². The summed E-state index contributed by atoms with van der Waals surface area (Å²) < 4.78 is 24.2. The fourth-order valence-corrected chi connectivity index (χ4v) is 3.26. The molecule has 0 saturated heterocycles. The zero-order valence-corrected chi connectivity index (χ0v) is 18.4. The molecule has 0 spiro atoms. The first-order chi connectivity index (χ1) is 13.9. The van der Waals surface area contributed by atoms with Gasteiger partial charge < -0.3 is 4.52 Å². The van der Waals surface area contributed by atoms with E-state index in [0.29, 0.717) is 5.69 Å². The van der Waals surface area contributed by atoms with E-state index >= 15 is 0 Å². The number of benzene rings is 1. The Morgan fingerprint density at radius 3 is 2.17 bits per heavy atom. The van der Waals surface area contributed by atoms with E-state index < -0.39 is 7.60 Å². The summed E-state index contributed by atoms with van der Waals surface area (Å²) in [4.78, 5) is 13.1. The second-order valence-corrected chi connectivity index (χ2v) is 8.23. The van der Waals surface area contributed by atoms with Crippen molar-refractivity contribution < 1.29 is 18.7 Å². The molecule has 2 aromatic heterocycles. The van der Waals surface area contributed by atoms with E-state index in [1.807, 2.05) is 42.5 Å². The molecule has 0 aliphatic heterocycles. The normalized spacial score (nSPS) is 12.6. The van der Waals surface area contributed by atoms with Crippen molar-refractivity contribution >= 4 is 7.60 Å². The Morgan fingerprint density at radius 2 is 1.62 bits per heavy atom. The highest BCUT2D eigenvalue weighted by Crippen LogP contribution is 2.45. The summed E-state index contributed by atoms with van der Waals surface area (Å²) in [6, 6.07) is 13.6. The first-order valence-corrected chi connectivity index (χ1v) is 11.4. The fourth-order valence-electron chi connectivity index (χ4n) is 2.50. The molecule has 0 saturated carbocycles. The molecule has 0 bridgehead atoms. The van der Waals surface area contributed by atoms with E-state index in [4.69, 9.17) is 9.20 Å². The predicted octanol–water partition coefficient (Wildman–Crippen LogP) is 5.74. The number of hydrogen-bond acceptors (Lipinski definition) is 6. The number of rotatable bonds is 7. The third-order valence-corrected chi connectivity index (χ3v) is 4.93. The second kappa shape index (κ2) is 10.9. The minimum Gasteiger partial charge on any atom is -0.389 e. The van der Waals surface area contributed by atoms with Crippen LogP contribution in [0.25, 0.3) is 22.5 Å². The van der Waals surface area contributed by atoms with E-state index in [0.717, 1.165) is 16.8 Å². The van der Waals surface area contributed by atoms with Crippen LogP contribution in [-0.4, -0.2) is 28.3 Å². The number of nitrogens with zero attached hydrogens (tertiary/aromatic N) is 3. The largest absolute Gasteiger partial charge is 0.405 e. The monoisotopic (exact) mass is 417 g/mol. The van der Waals surface area contributed by atoms with Crippen molar-refractivity contribution in [3.8, 4) is 28.5 Å². The van der Waals surface area contributed by atoms with Gasteiger partial charge in [0.2, 0.25) is 0 Å². The molecule has 2 heterocycles. The lowest BCUT2D eigenvalue weighted by atomic mass is 10.1. The molecule has 1 unspecified atom stereocenters. The number of hydrogen-bond donors (Lipinski definition) is 0. The van der Waals surface area contributed by atoms with Crippen LogP contribution in [0.15, 0.2) is 54.9 Å². The first kappa shape index (κ1) is 22.8. The van der Waals surface area contributed by atoms with Gasteiger partial charge in [0, 0.05) is 30.6 Å². The van der Waals surface area contributed by atoms with Crippen LogP contribution in [0.5, 0.6) is 6.01 Å². The molecule has 0 amide bonds. The zero-order chi connectivity index (χ0) is 21.3. The molecular formula is C21H28N3O4P. The van der Waals surface area contributed by atoms with Crippen molar-refractivity contribution in [2.75, 3.05) is 13.8 Å². The van der Waals surface area contributed by atoms with Crippen LogP contribution in [-0.2, 0) is 21.2 Å². The van der Waals surface area contributed by atoms with Gasteiger partial charge in [-0.05, 0) is 12.1 Å². The van der Waals surface area contributed by atoms with Gasteiger partial charge in [0.25, 0.3) is 0 Å². The van der Waals surface area contributed by atoms with Crippen LogP contribution in [0.4, 0.5) is 0 Å². The van der Waals surface area contributed by atoms with Crippen LogP contribution in [0.3, 0.4) is 0 Å². The maximum Gasteiger partial charge on any atom is 0.405 e. The van der Waals surface area contributed by atoms with E-state index in [-0.39, 0.29) is 6.01 Å². The molecule has 3 rings (SSSR count). The van der Waals surface area contributed by atoms with Gasteiger partial charge in [-0.25, -0.2) is 9.45 Å². The standard InChI is InChI=1S/C17H18N3O4P.C4H10/c1-20-16(14-9-11-18-12-10-14)15(13-7-5-4-6-8-13)19-17(20)23-25(3,21)24-22-2;1-3-4-2/h4-12H,1-3H3;3-4H2,1-2H3. The lowest BCUT2D eigenvalue weighted by Gasteiger charge is -2.12. The molecule has 0 aliphatic rings. The van der Waals surface area contributed by atoms with Crippen LogP contribution in [0, 0.1) is 0 Å². The topological polar surface area (TPSA) is 75.5 Å². The van der Waals surface area contributed by atoms with E-state index in [1.165, 1.54) is 26.6 Å². The number of pyridine rings is 1. The zero-order valence-electron chi connectivity index (χ0n) is 17.5. The predicted molar refractivity (Wildman–Crippen MR) is 115 cm³/mol. The molecule has 0 N–H and O–H groups in total. The summed E-state index contributed by atoms with van der Waals surface area (Å²) in [5.74, 6) is 0. The lowest BCUT2D eigenvalue weighted by Crippen LogP contribution is -2.01. The lowest BCUT2D eigenvalue weighted by molar-refractivity contribution is -0.183. The van der Waals surface area contributed by atoms with Crippen LogP contribution in [0.1, 0.15) is 26.7 Å². The van der Waals surface area contributed by atoms with Gasteiger partial charge >= 0.3 is 13.6 Å². The van der Waals surface area contributed by atoms with Crippen LogP contribution < -0.4 is 4.52 Å². The van der Waals surface area contributed by atoms with Crippen molar-refractivity contribution in [2.24, 2.45) is 7.05 Å². The van der Waals surface area contributed by atoms with Gasteiger partial charge in [0.05, 0.1) is 19.5 Å². The molecular weight excluding hydrogens is 389 g/mol. The maximum atomic E-state index is 12.3. The average Bonchev–Trinajstić information content (AvgIpc) is 3.05. The first-order valence-electron chi connectivity index (χ1n) is 9.45. The average molecular weight is 417 g/mol. The van der Waals surface area contributed by atoms with Crippen molar-refractivity contribution in [3.05, 3.63) is 54.9 Å². The second-order valence-electron chi connectivity index (χ2n) is 6.36. The third kappa shape index (κ3) is 6.26. The summed E-state index contributed by atoms with van der Waals surface area (Å²) in [5.41, 5.74) is 3.36. The van der Waals surface area contributed by atoms with Crippen LogP contribution in [0.2, 0.25) is 0 Å². The Hall–Kier alpha value is -2.47. The quantitative estimate of drug-likeness (QED) is 0.277. The minimum atomic E-state index is -3.45.